The first-order valence-electron chi connectivity index (χ1n) is 10.2. The van der Waals surface area contributed by atoms with Crippen LogP contribution >= 0.6 is 0 Å². The summed E-state index contributed by atoms with van der Waals surface area (Å²) in [5.74, 6) is 0.443. The largest absolute Gasteiger partial charge is 0.379 e. The van der Waals surface area contributed by atoms with E-state index in [0.717, 1.165) is 21.4 Å². The number of methoxy groups -OCH3 is 1. The molecule has 158 valence electrons. The van der Waals surface area contributed by atoms with Gasteiger partial charge in [-0.05, 0) is 23.6 Å². The predicted molar refractivity (Wildman–Crippen MR) is 121 cm³/mol. The van der Waals surface area contributed by atoms with Gasteiger partial charge in [0.15, 0.2) is 12.4 Å². The lowest BCUT2D eigenvalue weighted by Gasteiger charge is -2.19. The van der Waals surface area contributed by atoms with Crippen LogP contribution in [-0.4, -0.2) is 42.7 Å². The van der Waals surface area contributed by atoms with Crippen molar-refractivity contribution in [2.75, 3.05) is 32.1 Å². The Morgan fingerprint density at radius 2 is 1.77 bits per heavy atom. The first-order chi connectivity index (χ1) is 15.1. The molecule has 1 atom stereocenters. The topological polar surface area (TPSA) is 88.5 Å². The van der Waals surface area contributed by atoms with Crippen LogP contribution in [0.4, 0.5) is 5.69 Å². The van der Waals surface area contributed by atoms with E-state index >= 15 is 0 Å². The van der Waals surface area contributed by atoms with Crippen LogP contribution in [0.15, 0.2) is 71.5 Å². The van der Waals surface area contributed by atoms with Crippen LogP contribution in [0.25, 0.3) is 21.7 Å². The van der Waals surface area contributed by atoms with Crippen LogP contribution in [0.1, 0.15) is 5.82 Å². The number of carbonyl (C=O) groups is 1. The number of H-pyrrole nitrogens is 1. The summed E-state index contributed by atoms with van der Waals surface area (Å²) in [7, 11) is 1.63. The van der Waals surface area contributed by atoms with Crippen LogP contribution in [-0.2, 0) is 16.1 Å². The summed E-state index contributed by atoms with van der Waals surface area (Å²) >= 11 is 0. The second-order valence-corrected chi connectivity index (χ2v) is 7.45. The van der Waals surface area contributed by atoms with Crippen molar-refractivity contribution in [2.24, 2.45) is 0 Å². The van der Waals surface area contributed by atoms with Gasteiger partial charge in [0.1, 0.15) is 13.1 Å². The quantitative estimate of drug-likeness (QED) is 0.408. The SMILES string of the molecule is COCC[NH+](CC(=O)Nc1cccc2ccccc12)Cc1nc2ccccc2c(=O)[nH]1. The van der Waals surface area contributed by atoms with E-state index in [0.29, 0.717) is 36.4 Å². The Morgan fingerprint density at radius 1 is 1.03 bits per heavy atom. The molecule has 0 saturated carbocycles. The first-order valence-corrected chi connectivity index (χ1v) is 10.2. The summed E-state index contributed by atoms with van der Waals surface area (Å²) in [5, 5.41) is 5.65. The number of hydrogen-bond donors (Lipinski definition) is 3. The summed E-state index contributed by atoms with van der Waals surface area (Å²) in [6, 6.07) is 21.0. The van der Waals surface area contributed by atoms with Gasteiger partial charge in [0.05, 0.1) is 17.5 Å². The summed E-state index contributed by atoms with van der Waals surface area (Å²) in [6.07, 6.45) is 0. The van der Waals surface area contributed by atoms with Gasteiger partial charge in [0, 0.05) is 18.2 Å². The maximum Gasteiger partial charge on any atom is 0.279 e. The number of benzene rings is 3. The second-order valence-electron chi connectivity index (χ2n) is 7.45. The number of aromatic amines is 1. The number of ether oxygens (including phenoxy) is 1. The molecule has 4 aromatic rings. The molecule has 0 radical (unpaired) electrons. The van der Waals surface area contributed by atoms with Crippen LogP contribution in [0, 0.1) is 0 Å². The van der Waals surface area contributed by atoms with Crippen LogP contribution < -0.4 is 15.8 Å². The number of hydrogen-bond acceptors (Lipinski definition) is 4. The van der Waals surface area contributed by atoms with Gasteiger partial charge in [0.2, 0.25) is 0 Å². The molecule has 0 aliphatic carbocycles. The van der Waals surface area contributed by atoms with Gasteiger partial charge in [-0.15, -0.1) is 0 Å². The predicted octanol–water partition coefficient (Wildman–Crippen LogP) is 1.75. The molecule has 0 spiro atoms. The van der Waals surface area contributed by atoms with Gasteiger partial charge in [-0.3, -0.25) is 9.59 Å². The number of fused-ring (bicyclic) bond motifs is 2. The van der Waals surface area contributed by atoms with Crippen molar-refractivity contribution in [3.8, 4) is 0 Å². The zero-order valence-corrected chi connectivity index (χ0v) is 17.4. The van der Waals surface area contributed by atoms with Crippen LogP contribution in [0.3, 0.4) is 0 Å². The molecule has 1 heterocycles. The molecule has 0 bridgehead atoms. The maximum absolute atomic E-state index is 12.8. The summed E-state index contributed by atoms with van der Waals surface area (Å²) < 4.78 is 5.22. The van der Waals surface area contributed by atoms with Gasteiger partial charge < -0.3 is 19.9 Å². The fraction of sp³-hybridized carbons (Fsp3) is 0.208. The second kappa shape index (κ2) is 9.51. The van der Waals surface area contributed by atoms with E-state index in [1.54, 1.807) is 13.2 Å². The van der Waals surface area contributed by atoms with Gasteiger partial charge in [-0.2, -0.15) is 0 Å². The molecule has 7 heteroatoms. The maximum atomic E-state index is 12.8. The number of carbonyl (C=O) groups excluding carboxylic acids is 1. The van der Waals surface area contributed by atoms with Crippen LogP contribution in [0.2, 0.25) is 0 Å². The zero-order chi connectivity index (χ0) is 21.6. The van der Waals surface area contributed by atoms with Gasteiger partial charge in [0.25, 0.3) is 11.5 Å². The third-order valence-electron chi connectivity index (χ3n) is 5.21. The van der Waals surface area contributed by atoms with Crippen molar-refractivity contribution in [1.29, 1.82) is 0 Å². The number of nitrogens with zero attached hydrogens (tertiary/aromatic N) is 1. The van der Waals surface area contributed by atoms with Crippen molar-refractivity contribution in [2.45, 2.75) is 6.54 Å². The van der Waals surface area contributed by atoms with Gasteiger partial charge in [-0.25, -0.2) is 4.98 Å². The van der Waals surface area contributed by atoms with E-state index in [-0.39, 0.29) is 18.0 Å². The average Bonchev–Trinajstić information content (AvgIpc) is 2.78. The number of anilines is 1. The molecule has 31 heavy (non-hydrogen) atoms. The molecular weight excluding hydrogens is 392 g/mol. The number of nitrogens with one attached hydrogen (secondary N) is 3. The number of para-hydroxylation sites is 1. The molecule has 0 fully saturated rings. The van der Waals surface area contributed by atoms with E-state index in [9.17, 15) is 9.59 Å². The standard InChI is InChI=1S/C24H24N4O3/c1-31-14-13-28(15-22-25-21-11-5-4-10-19(21)24(30)27-22)16-23(29)26-20-12-6-8-17-7-2-3-9-18(17)20/h2-12H,13-16H2,1H3,(H,26,29)(H,25,27,30)/p+1. The Balaban J connectivity index is 1.51. The molecule has 7 nitrogen and oxygen atoms in total. The molecule has 0 aliphatic heterocycles. The summed E-state index contributed by atoms with van der Waals surface area (Å²) in [5.41, 5.74) is 1.26. The third-order valence-corrected chi connectivity index (χ3v) is 5.21. The van der Waals surface area contributed by atoms with Crippen molar-refractivity contribution in [3.05, 3.63) is 82.9 Å². The lowest BCUT2D eigenvalue weighted by atomic mass is 10.1. The van der Waals surface area contributed by atoms with Gasteiger partial charge in [-0.1, -0.05) is 48.5 Å². The molecule has 3 aromatic carbocycles. The Morgan fingerprint density at radius 3 is 2.61 bits per heavy atom. The lowest BCUT2D eigenvalue weighted by molar-refractivity contribution is -0.906. The van der Waals surface area contributed by atoms with Crippen molar-refractivity contribution in [1.82, 2.24) is 9.97 Å². The molecule has 3 N–H and O–H groups in total. The molecular formula is C24H25N4O3+. The Labute approximate surface area is 179 Å². The normalized spacial score (nSPS) is 12.2. The minimum Gasteiger partial charge on any atom is -0.379 e. The average molecular weight is 417 g/mol. The lowest BCUT2D eigenvalue weighted by Crippen LogP contribution is -3.12. The number of aromatic nitrogens is 2. The highest BCUT2D eigenvalue weighted by Crippen LogP contribution is 2.22. The van der Waals surface area contributed by atoms with E-state index in [1.165, 1.54) is 0 Å². The highest BCUT2D eigenvalue weighted by molar-refractivity contribution is 6.02. The Kier molecular flexibility index (Phi) is 6.35. The molecule has 1 unspecified atom stereocenters. The highest BCUT2D eigenvalue weighted by atomic mass is 16.5. The monoisotopic (exact) mass is 417 g/mol. The van der Waals surface area contributed by atoms with E-state index < -0.39 is 0 Å². The van der Waals surface area contributed by atoms with E-state index in [2.05, 4.69) is 15.3 Å². The summed E-state index contributed by atoms with van der Waals surface area (Å²) in [6.45, 7) is 1.74. The van der Waals surface area contributed by atoms with Crippen molar-refractivity contribution >= 4 is 33.3 Å². The van der Waals surface area contributed by atoms with Crippen molar-refractivity contribution < 1.29 is 14.4 Å². The number of quaternary nitrogens is 1. The van der Waals surface area contributed by atoms with Crippen molar-refractivity contribution in [3.63, 3.8) is 0 Å². The Bertz CT molecular complexity index is 1260. The minimum atomic E-state index is -0.174. The fourth-order valence-electron chi connectivity index (χ4n) is 3.70. The van der Waals surface area contributed by atoms with Crippen LogP contribution in [0.5, 0.6) is 0 Å². The fourth-order valence-corrected chi connectivity index (χ4v) is 3.70. The smallest absolute Gasteiger partial charge is 0.279 e. The minimum absolute atomic E-state index is 0.106. The van der Waals surface area contributed by atoms with E-state index in [1.807, 2.05) is 60.7 Å². The van der Waals surface area contributed by atoms with E-state index in [4.69, 9.17) is 4.74 Å². The third kappa shape index (κ3) is 4.96. The molecule has 0 aliphatic rings. The Hall–Kier alpha value is -3.55. The first kappa shape index (κ1) is 20.7. The summed E-state index contributed by atoms with van der Waals surface area (Å²) in [4.78, 5) is 33.6. The number of rotatable bonds is 8. The van der Waals surface area contributed by atoms with Gasteiger partial charge >= 0.3 is 0 Å². The molecule has 1 amide bonds. The molecule has 4 rings (SSSR count). The zero-order valence-electron chi connectivity index (χ0n) is 17.4. The highest BCUT2D eigenvalue weighted by Gasteiger charge is 2.17. The number of amides is 1. The molecule has 0 saturated heterocycles. The molecule has 1 aromatic heterocycles.